The van der Waals surface area contributed by atoms with E-state index in [0.717, 1.165) is 51.2 Å². The van der Waals surface area contributed by atoms with Crippen LogP contribution < -0.4 is 10.5 Å². The number of fused-ring (bicyclic) bond motifs is 1. The highest BCUT2D eigenvalue weighted by atomic mass is 16.5. The minimum absolute atomic E-state index is 0.0892. The van der Waals surface area contributed by atoms with Crippen LogP contribution in [0.4, 0.5) is 0 Å². The van der Waals surface area contributed by atoms with Gasteiger partial charge in [-0.25, -0.2) is 0 Å². The summed E-state index contributed by atoms with van der Waals surface area (Å²) >= 11 is 0. The number of rotatable bonds is 2. The standard InChI is InChI=1S/C16H24N2O/c1-13-2-3-14-4-5-16(19-15(14)12-13)6-9-18(10-7-16)11-8-17/h2-3,12H,4-11,17H2,1H3. The third kappa shape index (κ3) is 2.63. The molecule has 2 N–H and O–H groups in total. The maximum atomic E-state index is 6.41. The lowest BCUT2D eigenvalue weighted by molar-refractivity contribution is -0.0137. The topological polar surface area (TPSA) is 38.5 Å². The number of nitrogens with zero attached hydrogens (tertiary/aromatic N) is 1. The summed E-state index contributed by atoms with van der Waals surface area (Å²) in [6.07, 6.45) is 4.60. The molecule has 1 fully saturated rings. The molecule has 2 heterocycles. The molecule has 2 aliphatic rings. The van der Waals surface area contributed by atoms with Crippen molar-refractivity contribution in [2.75, 3.05) is 26.2 Å². The van der Waals surface area contributed by atoms with Crippen LogP contribution in [0.25, 0.3) is 0 Å². The molecule has 0 bridgehead atoms. The highest BCUT2D eigenvalue weighted by Gasteiger charge is 2.39. The molecule has 0 radical (unpaired) electrons. The summed E-state index contributed by atoms with van der Waals surface area (Å²) in [4.78, 5) is 2.46. The molecule has 1 saturated heterocycles. The summed E-state index contributed by atoms with van der Waals surface area (Å²) in [5.41, 5.74) is 8.39. The van der Waals surface area contributed by atoms with E-state index in [1.165, 1.54) is 17.5 Å². The van der Waals surface area contributed by atoms with Crippen molar-refractivity contribution in [3.05, 3.63) is 29.3 Å². The van der Waals surface area contributed by atoms with E-state index in [0.29, 0.717) is 0 Å². The van der Waals surface area contributed by atoms with Gasteiger partial charge in [-0.3, -0.25) is 0 Å². The lowest BCUT2D eigenvalue weighted by Crippen LogP contribution is -2.50. The molecular weight excluding hydrogens is 236 g/mol. The predicted octanol–water partition coefficient (Wildman–Crippen LogP) is 2.11. The fraction of sp³-hybridized carbons (Fsp3) is 0.625. The lowest BCUT2D eigenvalue weighted by Gasteiger charge is -2.44. The zero-order chi connectivity index (χ0) is 13.3. The van der Waals surface area contributed by atoms with E-state index < -0.39 is 0 Å². The number of likely N-dealkylation sites (tertiary alicyclic amines) is 1. The molecule has 2 aliphatic heterocycles. The number of aryl methyl sites for hydroxylation is 2. The van der Waals surface area contributed by atoms with E-state index in [1.54, 1.807) is 0 Å². The molecule has 0 unspecified atom stereocenters. The second-order valence-corrected chi connectivity index (χ2v) is 6.03. The monoisotopic (exact) mass is 260 g/mol. The molecular formula is C16H24N2O. The molecule has 3 heteroatoms. The Balaban J connectivity index is 1.71. The third-order valence-corrected chi connectivity index (χ3v) is 4.61. The van der Waals surface area contributed by atoms with Gasteiger partial charge >= 0.3 is 0 Å². The molecule has 0 saturated carbocycles. The Morgan fingerprint density at radius 1 is 1.26 bits per heavy atom. The summed E-state index contributed by atoms with van der Waals surface area (Å²) in [5.74, 6) is 1.12. The van der Waals surface area contributed by atoms with Crippen LogP contribution in [0, 0.1) is 6.92 Å². The first-order valence-corrected chi connectivity index (χ1v) is 7.42. The van der Waals surface area contributed by atoms with Crippen LogP contribution in [0.1, 0.15) is 30.4 Å². The fourth-order valence-corrected chi connectivity index (χ4v) is 3.33. The molecule has 0 amide bonds. The second-order valence-electron chi connectivity index (χ2n) is 6.03. The molecule has 0 aromatic heterocycles. The quantitative estimate of drug-likeness (QED) is 0.885. The Labute approximate surface area is 115 Å². The summed E-state index contributed by atoms with van der Waals surface area (Å²) in [6, 6.07) is 6.60. The molecule has 19 heavy (non-hydrogen) atoms. The smallest absolute Gasteiger partial charge is 0.123 e. The van der Waals surface area contributed by atoms with Crippen molar-refractivity contribution in [2.45, 2.75) is 38.2 Å². The Hall–Kier alpha value is -1.06. The number of nitrogens with two attached hydrogens (primary N) is 1. The summed E-state index contributed by atoms with van der Waals surface area (Å²) in [5, 5.41) is 0. The summed E-state index contributed by atoms with van der Waals surface area (Å²) in [6.45, 7) is 6.16. The van der Waals surface area contributed by atoms with Gasteiger partial charge in [-0.05, 0) is 49.8 Å². The van der Waals surface area contributed by atoms with Crippen molar-refractivity contribution in [3.63, 3.8) is 0 Å². The molecule has 1 aromatic carbocycles. The van der Waals surface area contributed by atoms with Gasteiger partial charge in [0.2, 0.25) is 0 Å². The van der Waals surface area contributed by atoms with Crippen LogP contribution in [0.2, 0.25) is 0 Å². The first kappa shape index (κ1) is 12.9. The Morgan fingerprint density at radius 3 is 2.79 bits per heavy atom. The van der Waals surface area contributed by atoms with Crippen LogP contribution in [-0.2, 0) is 6.42 Å². The van der Waals surface area contributed by atoms with Crippen LogP contribution in [-0.4, -0.2) is 36.7 Å². The van der Waals surface area contributed by atoms with E-state index >= 15 is 0 Å². The highest BCUT2D eigenvalue weighted by Crippen LogP contribution is 2.39. The zero-order valence-corrected chi connectivity index (χ0v) is 11.8. The minimum Gasteiger partial charge on any atom is -0.487 e. The predicted molar refractivity (Wildman–Crippen MR) is 77.6 cm³/mol. The minimum atomic E-state index is 0.0892. The fourth-order valence-electron chi connectivity index (χ4n) is 3.33. The average molecular weight is 260 g/mol. The number of ether oxygens (including phenoxy) is 1. The van der Waals surface area contributed by atoms with Crippen LogP contribution in [0.3, 0.4) is 0 Å². The average Bonchev–Trinajstić information content (AvgIpc) is 2.41. The highest BCUT2D eigenvalue weighted by molar-refractivity contribution is 5.39. The van der Waals surface area contributed by atoms with Crippen molar-refractivity contribution in [1.29, 1.82) is 0 Å². The van der Waals surface area contributed by atoms with E-state index in [4.69, 9.17) is 10.5 Å². The Morgan fingerprint density at radius 2 is 2.05 bits per heavy atom. The maximum Gasteiger partial charge on any atom is 0.123 e. The van der Waals surface area contributed by atoms with Crippen molar-refractivity contribution in [3.8, 4) is 5.75 Å². The van der Waals surface area contributed by atoms with Gasteiger partial charge in [-0.2, -0.15) is 0 Å². The number of piperidine rings is 1. The third-order valence-electron chi connectivity index (χ3n) is 4.61. The number of hydrogen-bond acceptors (Lipinski definition) is 3. The van der Waals surface area contributed by atoms with Gasteiger partial charge in [-0.1, -0.05) is 12.1 Å². The van der Waals surface area contributed by atoms with Crippen molar-refractivity contribution in [2.24, 2.45) is 5.73 Å². The maximum absolute atomic E-state index is 6.41. The molecule has 3 rings (SSSR count). The van der Waals surface area contributed by atoms with E-state index in [1.807, 2.05) is 0 Å². The largest absolute Gasteiger partial charge is 0.487 e. The van der Waals surface area contributed by atoms with Gasteiger partial charge in [0.25, 0.3) is 0 Å². The van der Waals surface area contributed by atoms with Crippen LogP contribution in [0.5, 0.6) is 5.75 Å². The van der Waals surface area contributed by atoms with E-state index in [9.17, 15) is 0 Å². The summed E-state index contributed by atoms with van der Waals surface area (Å²) in [7, 11) is 0. The van der Waals surface area contributed by atoms with E-state index in [-0.39, 0.29) is 5.60 Å². The first-order chi connectivity index (χ1) is 9.21. The van der Waals surface area contributed by atoms with Gasteiger partial charge < -0.3 is 15.4 Å². The Kier molecular flexibility index (Phi) is 3.50. The van der Waals surface area contributed by atoms with Crippen molar-refractivity contribution >= 4 is 0 Å². The van der Waals surface area contributed by atoms with Gasteiger partial charge in [0.1, 0.15) is 11.4 Å². The molecule has 1 spiro atoms. The Bertz CT molecular complexity index is 450. The number of hydrogen-bond donors (Lipinski definition) is 1. The van der Waals surface area contributed by atoms with Crippen LogP contribution in [0.15, 0.2) is 18.2 Å². The van der Waals surface area contributed by atoms with Gasteiger partial charge in [0.15, 0.2) is 0 Å². The molecule has 0 aliphatic carbocycles. The molecule has 0 atom stereocenters. The lowest BCUT2D eigenvalue weighted by atomic mass is 9.83. The zero-order valence-electron chi connectivity index (χ0n) is 11.8. The van der Waals surface area contributed by atoms with E-state index in [2.05, 4.69) is 30.0 Å². The van der Waals surface area contributed by atoms with Gasteiger partial charge in [0.05, 0.1) is 0 Å². The second kappa shape index (κ2) is 5.14. The van der Waals surface area contributed by atoms with Crippen molar-refractivity contribution < 1.29 is 4.74 Å². The van der Waals surface area contributed by atoms with Crippen molar-refractivity contribution in [1.82, 2.24) is 4.90 Å². The molecule has 1 aromatic rings. The number of benzene rings is 1. The molecule has 104 valence electrons. The van der Waals surface area contributed by atoms with Crippen LogP contribution >= 0.6 is 0 Å². The van der Waals surface area contributed by atoms with Gasteiger partial charge in [-0.15, -0.1) is 0 Å². The SMILES string of the molecule is Cc1ccc2c(c1)OC1(CC2)CCN(CCN)CC1. The molecule has 3 nitrogen and oxygen atoms in total. The first-order valence-electron chi connectivity index (χ1n) is 7.42. The van der Waals surface area contributed by atoms with Gasteiger partial charge in [0, 0.05) is 26.2 Å². The normalized spacial score (nSPS) is 22.0. The summed E-state index contributed by atoms with van der Waals surface area (Å²) < 4.78 is 6.41.